The monoisotopic (exact) mass is 1100 g/mol. The summed E-state index contributed by atoms with van der Waals surface area (Å²) in [7, 11) is 0. The summed E-state index contributed by atoms with van der Waals surface area (Å²) in [5.41, 5.74) is 13.3. The number of carboxylic acids is 2. The molecule has 1 aliphatic rings. The smallest absolute Gasteiger partial charge is 0.326 e. The standard InChI is InChI=1S/C55H74N10O14/c1-30(2)25-41(54(77)65-24-12-17-43(65)52(75)64-42(55(78)79)28-34-15-10-7-11-16-34)63-51(74)38(26-33-13-8-6-9-14-33)60-47(70)32(5)58-49(72)40(29-44(56)67)61-48(71)37(22-23-45(68)69)59-50(73)39(62-53(76)46(57)31(3)4)27-35-18-20-36(66)21-19-35/h6-11,13-16,18-21,30-32,37-43,46,66H,12,17,22-29,57H2,1-5H3,(H2,56,67)(H,58,72)(H,59,73)(H,60,70)(H,61,71)(H,62,76)(H,63,74)(H,64,75)(H,68,69)(H,78,79)/t32-,37-,38-,39-,40-,41-,42-,43-,46-/m0/s1. The molecule has 9 amide bonds. The lowest BCUT2D eigenvalue weighted by Crippen LogP contribution is -2.60. The first-order valence-electron chi connectivity index (χ1n) is 26.1. The zero-order valence-corrected chi connectivity index (χ0v) is 44.9. The highest BCUT2D eigenvalue weighted by atomic mass is 16.4. The van der Waals surface area contributed by atoms with Crippen molar-refractivity contribution in [2.45, 2.75) is 147 Å². The van der Waals surface area contributed by atoms with Crippen LogP contribution in [0.3, 0.4) is 0 Å². The van der Waals surface area contributed by atoms with Gasteiger partial charge in [0.1, 0.15) is 54.1 Å². The number of aromatic hydroxyl groups is 1. The third kappa shape index (κ3) is 20.5. The number of carbonyl (C=O) groups excluding carboxylic acids is 9. The number of primary amides is 1. The number of amides is 9. The van der Waals surface area contributed by atoms with Crippen molar-refractivity contribution in [1.82, 2.24) is 42.1 Å². The Labute approximate surface area is 457 Å². The molecular formula is C55H74N10O14. The fourth-order valence-corrected chi connectivity index (χ4v) is 8.66. The Morgan fingerprint density at radius 2 is 1.04 bits per heavy atom. The number of rotatable bonds is 30. The first-order valence-corrected chi connectivity index (χ1v) is 26.1. The van der Waals surface area contributed by atoms with Gasteiger partial charge in [0.15, 0.2) is 0 Å². The number of carboxylic acid groups (broad SMARTS) is 2. The Balaban J connectivity index is 1.52. The zero-order chi connectivity index (χ0) is 58.5. The highest BCUT2D eigenvalue weighted by molar-refractivity contribution is 5.99. The topological polar surface area (TPSA) is 388 Å². The van der Waals surface area contributed by atoms with Crippen LogP contribution in [0.2, 0.25) is 0 Å². The van der Waals surface area contributed by atoms with E-state index >= 15 is 0 Å². The quantitative estimate of drug-likeness (QED) is 0.0407. The van der Waals surface area contributed by atoms with Crippen LogP contribution >= 0.6 is 0 Å². The molecule has 0 saturated carbocycles. The summed E-state index contributed by atoms with van der Waals surface area (Å²) in [6, 6.07) is 10.6. The van der Waals surface area contributed by atoms with Crippen LogP contribution in [0.25, 0.3) is 0 Å². The molecule has 24 nitrogen and oxygen atoms in total. The minimum Gasteiger partial charge on any atom is -0.508 e. The van der Waals surface area contributed by atoms with Gasteiger partial charge in [0.25, 0.3) is 0 Å². The summed E-state index contributed by atoms with van der Waals surface area (Å²) in [5, 5.41) is 46.9. The van der Waals surface area contributed by atoms with Crippen molar-refractivity contribution in [2.24, 2.45) is 23.3 Å². The van der Waals surface area contributed by atoms with E-state index in [-0.39, 0.29) is 56.2 Å². The van der Waals surface area contributed by atoms with E-state index in [0.717, 1.165) is 0 Å². The number of carbonyl (C=O) groups is 11. The number of phenols is 1. The van der Waals surface area contributed by atoms with Crippen molar-refractivity contribution in [3.05, 3.63) is 102 Å². The molecule has 1 fully saturated rings. The van der Waals surface area contributed by atoms with E-state index in [1.54, 1.807) is 74.5 Å². The Morgan fingerprint density at radius 3 is 1.54 bits per heavy atom. The third-order valence-electron chi connectivity index (χ3n) is 13.1. The molecule has 4 rings (SSSR count). The van der Waals surface area contributed by atoms with Crippen LogP contribution in [0.5, 0.6) is 5.75 Å². The molecule has 0 unspecified atom stereocenters. The Morgan fingerprint density at radius 1 is 0.570 bits per heavy atom. The summed E-state index contributed by atoms with van der Waals surface area (Å²) in [6.07, 6.45) is -1.55. The maximum atomic E-state index is 14.4. The predicted octanol–water partition coefficient (Wildman–Crippen LogP) is -0.321. The number of nitrogens with zero attached hydrogens (tertiary/aromatic N) is 1. The fraction of sp³-hybridized carbons (Fsp3) is 0.473. The van der Waals surface area contributed by atoms with Crippen LogP contribution in [0.1, 0.15) is 89.8 Å². The molecule has 3 aromatic carbocycles. The van der Waals surface area contributed by atoms with Crippen LogP contribution in [-0.2, 0) is 72.0 Å². The first kappa shape index (κ1) is 63.1. The molecule has 3 aromatic rings. The zero-order valence-electron chi connectivity index (χ0n) is 44.9. The minimum atomic E-state index is -1.80. The van der Waals surface area contributed by atoms with Crippen molar-refractivity contribution in [1.29, 1.82) is 0 Å². The van der Waals surface area contributed by atoms with Crippen molar-refractivity contribution in [3.63, 3.8) is 0 Å². The van der Waals surface area contributed by atoms with Gasteiger partial charge in [-0.2, -0.15) is 0 Å². The van der Waals surface area contributed by atoms with E-state index in [2.05, 4.69) is 37.2 Å². The van der Waals surface area contributed by atoms with Gasteiger partial charge in [-0.25, -0.2) is 4.79 Å². The molecule has 1 heterocycles. The first-order chi connectivity index (χ1) is 37.3. The predicted molar refractivity (Wildman–Crippen MR) is 287 cm³/mol. The average Bonchev–Trinajstić information content (AvgIpc) is 3.91. The van der Waals surface area contributed by atoms with Gasteiger partial charge in [-0.1, -0.05) is 100 Å². The van der Waals surface area contributed by atoms with Crippen molar-refractivity contribution < 1.29 is 68.1 Å². The molecule has 0 spiro atoms. The number of benzene rings is 3. The molecular weight excluding hydrogens is 1020 g/mol. The summed E-state index contributed by atoms with van der Waals surface area (Å²) in [5.74, 6) is -11.2. The van der Waals surface area contributed by atoms with E-state index in [1.807, 2.05) is 13.8 Å². The number of likely N-dealkylation sites (tertiary alicyclic amines) is 1. The molecule has 0 bridgehead atoms. The average molecular weight is 1100 g/mol. The largest absolute Gasteiger partial charge is 0.508 e. The van der Waals surface area contributed by atoms with E-state index in [1.165, 1.54) is 36.1 Å². The number of hydrogen-bond acceptors (Lipinski definition) is 13. The molecule has 14 N–H and O–H groups in total. The second-order valence-electron chi connectivity index (χ2n) is 20.4. The Hall–Kier alpha value is -8.41. The second kappa shape index (κ2) is 30.5. The van der Waals surface area contributed by atoms with Gasteiger partial charge >= 0.3 is 11.9 Å². The lowest BCUT2D eigenvalue weighted by molar-refractivity contribution is -0.145. The molecule has 0 aromatic heterocycles. The molecule has 24 heteroatoms. The lowest BCUT2D eigenvalue weighted by atomic mass is 10.00. The molecule has 0 aliphatic carbocycles. The van der Waals surface area contributed by atoms with Gasteiger partial charge in [0.2, 0.25) is 53.2 Å². The van der Waals surface area contributed by atoms with Crippen molar-refractivity contribution >= 4 is 65.1 Å². The SMILES string of the molecule is CC(C)C[C@H](NC(=O)[C@H](Cc1ccccc1)NC(=O)[C@H](C)NC(=O)[C@H](CC(N)=O)NC(=O)[C@H](CCC(=O)O)NC(=O)[C@H](Cc1ccc(O)cc1)NC(=O)[C@@H](N)C(C)C)C(=O)N1CCC[C@H]1C(=O)N[C@@H](Cc1ccccc1)C(=O)O. The minimum absolute atomic E-state index is 0.00146. The van der Waals surface area contributed by atoms with E-state index in [9.17, 15) is 68.1 Å². The third-order valence-corrected chi connectivity index (χ3v) is 13.1. The van der Waals surface area contributed by atoms with Gasteiger partial charge in [-0.3, -0.25) is 47.9 Å². The highest BCUT2D eigenvalue weighted by Crippen LogP contribution is 2.22. The highest BCUT2D eigenvalue weighted by Gasteiger charge is 2.40. The number of hydrogen-bond donors (Lipinski definition) is 12. The Bertz CT molecular complexity index is 2620. The maximum Gasteiger partial charge on any atom is 0.326 e. The maximum absolute atomic E-state index is 14.4. The lowest BCUT2D eigenvalue weighted by Gasteiger charge is -2.31. The van der Waals surface area contributed by atoms with Gasteiger partial charge in [-0.05, 0) is 73.3 Å². The molecule has 79 heavy (non-hydrogen) atoms. The molecule has 1 aliphatic heterocycles. The van der Waals surface area contributed by atoms with Gasteiger partial charge in [0.05, 0.1) is 12.5 Å². The van der Waals surface area contributed by atoms with Crippen LogP contribution in [-0.4, -0.2) is 146 Å². The normalized spacial score (nSPS) is 16.1. The van der Waals surface area contributed by atoms with Crippen molar-refractivity contribution in [3.8, 4) is 5.75 Å². The fourth-order valence-electron chi connectivity index (χ4n) is 8.66. The van der Waals surface area contributed by atoms with Crippen LogP contribution in [0.4, 0.5) is 0 Å². The number of nitrogens with one attached hydrogen (secondary N) is 7. The number of phenolic OH excluding ortho intramolecular Hbond substituents is 1. The number of aliphatic carboxylic acids is 2. The van der Waals surface area contributed by atoms with E-state index in [0.29, 0.717) is 23.1 Å². The summed E-state index contributed by atoms with van der Waals surface area (Å²) in [6.45, 7) is 8.39. The van der Waals surface area contributed by atoms with E-state index < -0.39 is 139 Å². The summed E-state index contributed by atoms with van der Waals surface area (Å²) in [4.78, 5) is 149. The van der Waals surface area contributed by atoms with E-state index in [4.69, 9.17) is 11.5 Å². The molecule has 428 valence electrons. The van der Waals surface area contributed by atoms with Crippen LogP contribution in [0.15, 0.2) is 84.9 Å². The van der Waals surface area contributed by atoms with Gasteiger partial charge in [0, 0.05) is 32.2 Å². The molecule has 0 radical (unpaired) electrons. The van der Waals surface area contributed by atoms with Crippen LogP contribution < -0.4 is 48.7 Å². The van der Waals surface area contributed by atoms with Crippen LogP contribution in [0, 0.1) is 11.8 Å². The van der Waals surface area contributed by atoms with Crippen molar-refractivity contribution in [2.75, 3.05) is 6.54 Å². The summed E-state index contributed by atoms with van der Waals surface area (Å²) >= 11 is 0. The summed E-state index contributed by atoms with van der Waals surface area (Å²) < 4.78 is 0. The molecule has 1 saturated heterocycles. The second-order valence-corrected chi connectivity index (χ2v) is 20.4. The molecule has 9 atom stereocenters. The number of nitrogens with two attached hydrogens (primary N) is 2. The van der Waals surface area contributed by atoms with Gasteiger partial charge < -0.3 is 68.9 Å². The van der Waals surface area contributed by atoms with Gasteiger partial charge in [-0.15, -0.1) is 0 Å². The Kier molecular flexibility index (Phi) is 24.4.